The Morgan fingerprint density at radius 2 is 1.47 bits per heavy atom. The summed E-state index contributed by atoms with van der Waals surface area (Å²) in [5, 5.41) is 0. The highest BCUT2D eigenvalue weighted by Crippen LogP contribution is 2.29. The normalized spacial score (nSPS) is 16.4. The van der Waals surface area contributed by atoms with Gasteiger partial charge >= 0.3 is 0 Å². The quantitative estimate of drug-likeness (QED) is 0.486. The molecule has 0 heteroatoms. The lowest BCUT2D eigenvalue weighted by Crippen LogP contribution is -2.12. The average molecular weight is 212 g/mol. The third-order valence-electron chi connectivity index (χ3n) is 4.19. The Balaban J connectivity index is 3.67. The highest BCUT2D eigenvalue weighted by molar-refractivity contribution is 4.68. The minimum atomic E-state index is 0.563. The molecule has 0 saturated carbocycles. The minimum absolute atomic E-state index is 0.563. The van der Waals surface area contributed by atoms with Gasteiger partial charge in [-0.15, -0.1) is 0 Å². The molecule has 0 aromatic carbocycles. The second-order valence-corrected chi connectivity index (χ2v) is 6.15. The van der Waals surface area contributed by atoms with E-state index in [9.17, 15) is 0 Å². The molecule has 0 aliphatic rings. The first-order valence-corrected chi connectivity index (χ1v) is 6.93. The van der Waals surface area contributed by atoms with E-state index in [1.54, 1.807) is 0 Å². The van der Waals surface area contributed by atoms with Gasteiger partial charge in [-0.25, -0.2) is 0 Å². The van der Waals surface area contributed by atoms with Crippen molar-refractivity contribution in [1.29, 1.82) is 0 Å². The van der Waals surface area contributed by atoms with Gasteiger partial charge < -0.3 is 0 Å². The van der Waals surface area contributed by atoms with Crippen LogP contribution < -0.4 is 0 Å². The third-order valence-corrected chi connectivity index (χ3v) is 4.19. The van der Waals surface area contributed by atoms with Crippen molar-refractivity contribution in [3.63, 3.8) is 0 Å². The number of hydrogen-bond acceptors (Lipinski definition) is 0. The van der Waals surface area contributed by atoms with Crippen LogP contribution in [0.5, 0.6) is 0 Å². The SMILES string of the molecule is CCCC(C)C(C)CCCC(C)(C)CC. The summed E-state index contributed by atoms with van der Waals surface area (Å²) < 4.78 is 0. The molecule has 15 heavy (non-hydrogen) atoms. The molecule has 0 aliphatic carbocycles. The second kappa shape index (κ2) is 7.30. The third kappa shape index (κ3) is 6.98. The van der Waals surface area contributed by atoms with Gasteiger partial charge in [0.1, 0.15) is 0 Å². The van der Waals surface area contributed by atoms with Gasteiger partial charge in [0.25, 0.3) is 0 Å². The maximum absolute atomic E-state index is 2.43. The second-order valence-electron chi connectivity index (χ2n) is 6.15. The Morgan fingerprint density at radius 3 is 1.93 bits per heavy atom. The van der Waals surface area contributed by atoms with Crippen molar-refractivity contribution in [3.8, 4) is 0 Å². The van der Waals surface area contributed by atoms with Crippen LogP contribution in [0.4, 0.5) is 0 Å². The van der Waals surface area contributed by atoms with E-state index in [2.05, 4.69) is 41.5 Å². The largest absolute Gasteiger partial charge is 0.0654 e. The Morgan fingerprint density at radius 1 is 0.933 bits per heavy atom. The van der Waals surface area contributed by atoms with E-state index in [0.717, 1.165) is 11.8 Å². The summed E-state index contributed by atoms with van der Waals surface area (Å²) in [4.78, 5) is 0. The molecule has 0 bridgehead atoms. The molecule has 0 spiro atoms. The molecular formula is C15H32. The standard InChI is InChI=1S/C15H32/c1-7-10-13(3)14(4)11-9-12-15(5,6)8-2/h13-14H,7-12H2,1-6H3. The van der Waals surface area contributed by atoms with Crippen molar-refractivity contribution >= 4 is 0 Å². The predicted octanol–water partition coefficient (Wildman–Crippen LogP) is 5.67. The fraction of sp³-hybridized carbons (Fsp3) is 1.00. The monoisotopic (exact) mass is 212 g/mol. The Kier molecular flexibility index (Phi) is 7.30. The maximum Gasteiger partial charge on any atom is -0.0357 e. The van der Waals surface area contributed by atoms with Crippen LogP contribution in [0.2, 0.25) is 0 Å². The predicted molar refractivity (Wildman–Crippen MR) is 71.2 cm³/mol. The molecule has 0 heterocycles. The summed E-state index contributed by atoms with van der Waals surface area (Å²) in [5.74, 6) is 1.83. The number of hydrogen-bond donors (Lipinski definition) is 0. The molecule has 0 saturated heterocycles. The zero-order valence-electron chi connectivity index (χ0n) is 11.9. The molecule has 0 amide bonds. The fourth-order valence-electron chi connectivity index (χ4n) is 2.10. The lowest BCUT2D eigenvalue weighted by molar-refractivity contribution is 0.273. The van der Waals surface area contributed by atoms with Crippen molar-refractivity contribution in [3.05, 3.63) is 0 Å². The molecule has 0 aromatic heterocycles. The molecular weight excluding hydrogens is 180 g/mol. The van der Waals surface area contributed by atoms with Crippen LogP contribution in [0.1, 0.15) is 80.1 Å². The van der Waals surface area contributed by atoms with Gasteiger partial charge in [0.15, 0.2) is 0 Å². The van der Waals surface area contributed by atoms with Crippen LogP contribution in [-0.2, 0) is 0 Å². The van der Waals surface area contributed by atoms with Gasteiger partial charge in [0.05, 0.1) is 0 Å². The van der Waals surface area contributed by atoms with Crippen molar-refractivity contribution in [2.45, 2.75) is 80.1 Å². The van der Waals surface area contributed by atoms with E-state index in [-0.39, 0.29) is 0 Å². The summed E-state index contributed by atoms with van der Waals surface area (Å²) in [7, 11) is 0. The van der Waals surface area contributed by atoms with Gasteiger partial charge in [0, 0.05) is 0 Å². The van der Waals surface area contributed by atoms with E-state index < -0.39 is 0 Å². The first kappa shape index (κ1) is 15.0. The summed E-state index contributed by atoms with van der Waals surface area (Å²) in [6.07, 6.45) is 8.28. The van der Waals surface area contributed by atoms with E-state index in [4.69, 9.17) is 0 Å². The molecule has 92 valence electrons. The molecule has 0 rings (SSSR count). The van der Waals surface area contributed by atoms with E-state index in [0.29, 0.717) is 5.41 Å². The van der Waals surface area contributed by atoms with Crippen LogP contribution in [0.25, 0.3) is 0 Å². The van der Waals surface area contributed by atoms with Crippen LogP contribution in [0, 0.1) is 17.3 Å². The Hall–Kier alpha value is 0. The fourth-order valence-corrected chi connectivity index (χ4v) is 2.10. The van der Waals surface area contributed by atoms with Gasteiger partial charge in [-0.2, -0.15) is 0 Å². The Labute approximate surface area is 97.8 Å². The van der Waals surface area contributed by atoms with Crippen molar-refractivity contribution in [2.75, 3.05) is 0 Å². The van der Waals surface area contributed by atoms with Crippen molar-refractivity contribution in [2.24, 2.45) is 17.3 Å². The van der Waals surface area contributed by atoms with Crippen molar-refractivity contribution < 1.29 is 0 Å². The van der Waals surface area contributed by atoms with E-state index >= 15 is 0 Å². The zero-order valence-corrected chi connectivity index (χ0v) is 11.9. The summed E-state index contributed by atoms with van der Waals surface area (Å²) in [6, 6.07) is 0. The topological polar surface area (TPSA) is 0 Å². The lowest BCUT2D eigenvalue weighted by atomic mass is 9.81. The van der Waals surface area contributed by atoms with Crippen LogP contribution >= 0.6 is 0 Å². The highest BCUT2D eigenvalue weighted by atomic mass is 14.2. The smallest absolute Gasteiger partial charge is 0.0357 e. The van der Waals surface area contributed by atoms with Gasteiger partial charge in [-0.1, -0.05) is 73.6 Å². The molecule has 0 aliphatic heterocycles. The van der Waals surface area contributed by atoms with E-state index in [1.165, 1.54) is 38.5 Å². The van der Waals surface area contributed by atoms with Gasteiger partial charge in [-0.05, 0) is 23.7 Å². The Bertz CT molecular complexity index is 146. The zero-order chi connectivity index (χ0) is 11.9. The molecule has 2 atom stereocenters. The average Bonchev–Trinajstić information content (AvgIpc) is 2.18. The molecule has 0 N–H and O–H groups in total. The molecule has 0 radical (unpaired) electrons. The van der Waals surface area contributed by atoms with E-state index in [1.807, 2.05) is 0 Å². The summed E-state index contributed by atoms with van der Waals surface area (Å²) in [5.41, 5.74) is 0.563. The molecule has 0 fully saturated rings. The van der Waals surface area contributed by atoms with Crippen LogP contribution in [0.3, 0.4) is 0 Å². The van der Waals surface area contributed by atoms with Crippen molar-refractivity contribution in [1.82, 2.24) is 0 Å². The van der Waals surface area contributed by atoms with Crippen LogP contribution in [0.15, 0.2) is 0 Å². The first-order valence-electron chi connectivity index (χ1n) is 6.93. The molecule has 0 aromatic rings. The molecule has 2 unspecified atom stereocenters. The lowest BCUT2D eigenvalue weighted by Gasteiger charge is -2.25. The van der Waals surface area contributed by atoms with Gasteiger partial charge in [-0.3, -0.25) is 0 Å². The molecule has 0 nitrogen and oxygen atoms in total. The first-order chi connectivity index (χ1) is 6.93. The summed E-state index contributed by atoms with van der Waals surface area (Å²) >= 11 is 0. The number of rotatable bonds is 8. The van der Waals surface area contributed by atoms with Crippen LogP contribution in [-0.4, -0.2) is 0 Å². The maximum atomic E-state index is 2.43. The van der Waals surface area contributed by atoms with Gasteiger partial charge in [0.2, 0.25) is 0 Å². The highest BCUT2D eigenvalue weighted by Gasteiger charge is 2.16. The minimum Gasteiger partial charge on any atom is -0.0654 e. The summed E-state index contributed by atoms with van der Waals surface area (Å²) in [6.45, 7) is 14.2.